The molecule has 1 aromatic heterocycles. The monoisotopic (exact) mass is 388 g/mol. The van der Waals surface area contributed by atoms with E-state index in [9.17, 15) is 14.0 Å². The lowest BCUT2D eigenvalue weighted by Crippen LogP contribution is -2.49. The van der Waals surface area contributed by atoms with Gasteiger partial charge in [0.2, 0.25) is 11.8 Å². The fourth-order valence-electron chi connectivity index (χ4n) is 3.17. The van der Waals surface area contributed by atoms with Crippen LogP contribution in [-0.2, 0) is 16.0 Å². The zero-order valence-electron chi connectivity index (χ0n) is 14.9. The van der Waals surface area contributed by atoms with E-state index in [1.54, 1.807) is 17.0 Å². The van der Waals surface area contributed by atoms with Gasteiger partial charge in [-0.15, -0.1) is 11.3 Å². The molecule has 1 N–H and O–H groups in total. The second-order valence-corrected chi connectivity index (χ2v) is 7.76. The minimum absolute atomic E-state index is 0.00792. The molecule has 2 fully saturated rings. The molecule has 1 saturated heterocycles. The van der Waals surface area contributed by atoms with Crippen molar-refractivity contribution in [1.29, 1.82) is 0 Å². The first-order valence-electron chi connectivity index (χ1n) is 9.12. The number of para-hydroxylation sites is 1. The minimum Gasteiger partial charge on any atom is -0.366 e. The molecule has 142 valence electrons. The lowest BCUT2D eigenvalue weighted by atomic mass is 10.2. The molecule has 1 aliphatic carbocycles. The highest BCUT2D eigenvalue weighted by Crippen LogP contribution is 2.30. The van der Waals surface area contributed by atoms with Crippen LogP contribution in [-0.4, -0.2) is 47.9 Å². The summed E-state index contributed by atoms with van der Waals surface area (Å²) in [6, 6.07) is 6.71. The molecule has 2 aliphatic rings. The number of piperazine rings is 1. The van der Waals surface area contributed by atoms with Crippen LogP contribution in [0.2, 0.25) is 0 Å². The molecule has 0 atom stereocenters. The summed E-state index contributed by atoms with van der Waals surface area (Å²) in [7, 11) is 0. The van der Waals surface area contributed by atoms with Crippen molar-refractivity contribution in [2.45, 2.75) is 19.3 Å². The van der Waals surface area contributed by atoms with Crippen LogP contribution in [0.1, 0.15) is 18.5 Å². The highest BCUT2D eigenvalue weighted by atomic mass is 32.1. The quantitative estimate of drug-likeness (QED) is 0.855. The first-order valence-corrected chi connectivity index (χ1v) is 10.0. The van der Waals surface area contributed by atoms with Crippen LogP contribution < -0.4 is 10.2 Å². The number of hydrogen-bond donors (Lipinski definition) is 1. The van der Waals surface area contributed by atoms with E-state index in [0.29, 0.717) is 42.7 Å². The van der Waals surface area contributed by atoms with Crippen molar-refractivity contribution in [1.82, 2.24) is 9.88 Å². The van der Waals surface area contributed by atoms with E-state index in [4.69, 9.17) is 0 Å². The topological polar surface area (TPSA) is 65.5 Å². The zero-order valence-corrected chi connectivity index (χ0v) is 15.7. The van der Waals surface area contributed by atoms with Crippen molar-refractivity contribution >= 4 is 34.0 Å². The van der Waals surface area contributed by atoms with Crippen LogP contribution in [0, 0.1) is 11.7 Å². The van der Waals surface area contributed by atoms with Crippen molar-refractivity contribution in [2.24, 2.45) is 5.92 Å². The van der Waals surface area contributed by atoms with E-state index in [-0.39, 0.29) is 30.0 Å². The fourth-order valence-corrected chi connectivity index (χ4v) is 3.88. The maximum absolute atomic E-state index is 13.9. The van der Waals surface area contributed by atoms with Gasteiger partial charge in [-0.2, -0.15) is 0 Å². The largest absolute Gasteiger partial charge is 0.366 e. The van der Waals surface area contributed by atoms with Gasteiger partial charge in [0, 0.05) is 37.5 Å². The number of carbonyl (C=O) groups is 2. The maximum atomic E-state index is 13.9. The third-order valence-corrected chi connectivity index (χ3v) is 5.69. The van der Waals surface area contributed by atoms with Crippen molar-refractivity contribution in [2.75, 3.05) is 36.4 Å². The summed E-state index contributed by atoms with van der Waals surface area (Å²) >= 11 is 1.35. The molecule has 4 rings (SSSR count). The number of carbonyl (C=O) groups excluding carboxylic acids is 2. The number of halogens is 1. The Morgan fingerprint density at radius 3 is 2.63 bits per heavy atom. The van der Waals surface area contributed by atoms with Crippen LogP contribution in [0.5, 0.6) is 0 Å². The van der Waals surface area contributed by atoms with Crippen LogP contribution in [0.25, 0.3) is 0 Å². The number of nitrogens with zero attached hydrogens (tertiary/aromatic N) is 3. The van der Waals surface area contributed by atoms with E-state index in [1.165, 1.54) is 17.4 Å². The van der Waals surface area contributed by atoms with Gasteiger partial charge in [-0.05, 0) is 25.0 Å². The Hall–Kier alpha value is -2.48. The molecule has 1 aliphatic heterocycles. The maximum Gasteiger partial charge on any atom is 0.229 e. The summed E-state index contributed by atoms with van der Waals surface area (Å²) in [6.45, 7) is 2.32. The van der Waals surface area contributed by atoms with Crippen LogP contribution in [0.15, 0.2) is 29.6 Å². The van der Waals surface area contributed by atoms with Crippen molar-refractivity contribution in [3.05, 3.63) is 41.2 Å². The normalized spacial score (nSPS) is 17.1. The molecule has 1 saturated carbocycles. The molecular formula is C19H21FN4O2S. The molecule has 0 spiro atoms. The van der Waals surface area contributed by atoms with Crippen molar-refractivity contribution < 1.29 is 14.0 Å². The number of nitrogens with one attached hydrogen (secondary N) is 1. The molecule has 2 amide bonds. The number of thiazole rings is 1. The van der Waals surface area contributed by atoms with Gasteiger partial charge < -0.3 is 15.1 Å². The summed E-state index contributed by atoms with van der Waals surface area (Å²) in [4.78, 5) is 32.4. The third-order valence-electron chi connectivity index (χ3n) is 4.89. The minimum atomic E-state index is -0.236. The molecule has 0 unspecified atom stereocenters. The Morgan fingerprint density at radius 2 is 1.93 bits per heavy atom. The molecule has 2 aromatic rings. The summed E-state index contributed by atoms with van der Waals surface area (Å²) in [5, 5.41) is 5.18. The highest BCUT2D eigenvalue weighted by Gasteiger charge is 2.30. The van der Waals surface area contributed by atoms with E-state index in [0.717, 1.165) is 12.8 Å². The molecule has 0 bridgehead atoms. The predicted molar refractivity (Wildman–Crippen MR) is 102 cm³/mol. The summed E-state index contributed by atoms with van der Waals surface area (Å²) in [6.07, 6.45) is 2.11. The standard InChI is InChI=1S/C19H21FN4O2S/c20-15-3-1-2-4-16(15)23-7-9-24(10-8-23)17(25)11-14-12-27-19(21-14)22-18(26)13-5-6-13/h1-4,12-13H,5-11H2,(H,21,22,26). The fraction of sp³-hybridized carbons (Fsp3) is 0.421. The van der Waals surface area contributed by atoms with Crippen LogP contribution >= 0.6 is 11.3 Å². The molecule has 1 aromatic carbocycles. The van der Waals surface area contributed by atoms with Gasteiger partial charge in [0.1, 0.15) is 5.82 Å². The molecule has 8 heteroatoms. The van der Waals surface area contributed by atoms with Gasteiger partial charge in [-0.3, -0.25) is 9.59 Å². The number of rotatable bonds is 5. The number of anilines is 2. The lowest BCUT2D eigenvalue weighted by Gasteiger charge is -2.36. The van der Waals surface area contributed by atoms with E-state index in [2.05, 4.69) is 10.3 Å². The van der Waals surface area contributed by atoms with Gasteiger partial charge in [-0.1, -0.05) is 12.1 Å². The second-order valence-electron chi connectivity index (χ2n) is 6.90. The Kier molecular flexibility index (Phi) is 5.07. The molecular weight excluding hydrogens is 367 g/mol. The molecule has 27 heavy (non-hydrogen) atoms. The number of aromatic nitrogens is 1. The summed E-state index contributed by atoms with van der Waals surface area (Å²) in [5.74, 6) is -0.0784. The smallest absolute Gasteiger partial charge is 0.229 e. The second kappa shape index (κ2) is 7.64. The van der Waals surface area contributed by atoms with Gasteiger partial charge >= 0.3 is 0 Å². The van der Waals surface area contributed by atoms with Gasteiger partial charge in [-0.25, -0.2) is 9.37 Å². The number of benzene rings is 1. The van der Waals surface area contributed by atoms with Crippen LogP contribution in [0.4, 0.5) is 15.2 Å². The predicted octanol–water partition coefficient (Wildman–Crippen LogP) is 2.52. The van der Waals surface area contributed by atoms with Crippen LogP contribution in [0.3, 0.4) is 0 Å². The first kappa shape index (κ1) is 17.9. The molecule has 6 nitrogen and oxygen atoms in total. The van der Waals surface area contributed by atoms with E-state index < -0.39 is 0 Å². The van der Waals surface area contributed by atoms with Gasteiger partial charge in [0.15, 0.2) is 5.13 Å². The van der Waals surface area contributed by atoms with E-state index in [1.807, 2.05) is 16.3 Å². The highest BCUT2D eigenvalue weighted by molar-refractivity contribution is 7.13. The van der Waals surface area contributed by atoms with Gasteiger partial charge in [0.05, 0.1) is 17.8 Å². The summed E-state index contributed by atoms with van der Waals surface area (Å²) in [5.41, 5.74) is 1.26. The third kappa shape index (κ3) is 4.27. The SMILES string of the molecule is O=C(Nc1nc(CC(=O)N2CCN(c3ccccc3F)CC2)cs1)C1CC1. The number of amides is 2. The molecule has 2 heterocycles. The first-order chi connectivity index (χ1) is 13.1. The molecule has 0 radical (unpaired) electrons. The van der Waals surface area contributed by atoms with E-state index >= 15 is 0 Å². The van der Waals surface area contributed by atoms with Crippen molar-refractivity contribution in [3.63, 3.8) is 0 Å². The Morgan fingerprint density at radius 1 is 1.19 bits per heavy atom. The Balaban J connectivity index is 1.29. The van der Waals surface area contributed by atoms with Crippen molar-refractivity contribution in [3.8, 4) is 0 Å². The number of hydrogen-bond acceptors (Lipinski definition) is 5. The van der Waals surface area contributed by atoms with Gasteiger partial charge in [0.25, 0.3) is 0 Å². The Labute approximate surface area is 161 Å². The summed E-state index contributed by atoms with van der Waals surface area (Å²) < 4.78 is 13.9. The average molecular weight is 388 g/mol. The Bertz CT molecular complexity index is 844. The lowest BCUT2D eigenvalue weighted by molar-refractivity contribution is -0.130. The zero-order chi connectivity index (χ0) is 18.8. The average Bonchev–Trinajstić information content (AvgIpc) is 3.44.